The lowest BCUT2D eigenvalue weighted by Crippen LogP contribution is -2.63. The van der Waals surface area contributed by atoms with Crippen LogP contribution in [0.1, 0.15) is 103 Å². The molecule has 44 heavy (non-hydrogen) atoms. The number of hydrogen-bond acceptors (Lipinski definition) is 3. The smallest absolute Gasteiger partial charge is 0.262 e. The number of pyridine rings is 1. The van der Waals surface area contributed by atoms with Gasteiger partial charge >= 0.3 is 0 Å². The van der Waals surface area contributed by atoms with Gasteiger partial charge in [0.25, 0.3) is 6.71 Å². The Kier molecular flexibility index (Phi) is 5.68. The third-order valence-electron chi connectivity index (χ3n) is 11.2. The second kappa shape index (κ2) is 8.88. The second-order valence-corrected chi connectivity index (χ2v) is 17.4. The standard InChI is InChI=1S/C40H43BN2S/c1-37(2,3)24-14-17-32-26(22-24)34-36(44-32)41-30-13-11-10-12-28(30)40(8,9)35-33(41)31(18-21-42-35)43(34)25-15-16-27-29(23-25)39(6,7)20-19-38(27,4)5/h10-18,21-23H,19-20H2,1-9H3. The molecule has 0 bridgehead atoms. The SMILES string of the molecule is CC(C)(C)c1ccc2sc3c(c2c1)N(c1ccc2c(c1)C(C)(C)CCC2(C)C)c1ccnc2c1B3c1ccccc1C2(C)C. The van der Waals surface area contributed by atoms with E-state index >= 15 is 0 Å². The van der Waals surface area contributed by atoms with Gasteiger partial charge in [-0.2, -0.15) is 0 Å². The third-order valence-corrected chi connectivity index (χ3v) is 12.4. The molecular weight excluding hydrogens is 551 g/mol. The first-order valence-electron chi connectivity index (χ1n) is 16.3. The van der Waals surface area contributed by atoms with E-state index in [0.29, 0.717) is 0 Å². The summed E-state index contributed by atoms with van der Waals surface area (Å²) < 4.78 is 2.80. The molecule has 0 spiro atoms. The van der Waals surface area contributed by atoms with Crippen LogP contribution in [-0.4, -0.2) is 11.7 Å². The zero-order chi connectivity index (χ0) is 31.0. The molecule has 8 rings (SSSR count). The summed E-state index contributed by atoms with van der Waals surface area (Å²) in [6.07, 6.45) is 4.48. The van der Waals surface area contributed by atoms with Gasteiger partial charge in [0.05, 0.1) is 5.69 Å². The molecule has 0 atom stereocenters. The van der Waals surface area contributed by atoms with Gasteiger partial charge < -0.3 is 4.90 Å². The molecule has 3 aromatic carbocycles. The van der Waals surface area contributed by atoms with Crippen molar-refractivity contribution in [1.29, 1.82) is 0 Å². The molecule has 0 saturated carbocycles. The maximum atomic E-state index is 5.16. The van der Waals surface area contributed by atoms with Gasteiger partial charge in [-0.25, -0.2) is 0 Å². The molecule has 1 aliphatic carbocycles. The normalized spacial score (nSPS) is 18.8. The molecule has 2 nitrogen and oxygen atoms in total. The molecule has 0 unspecified atom stereocenters. The Hall–Kier alpha value is -3.37. The van der Waals surface area contributed by atoms with E-state index in [1.807, 2.05) is 11.3 Å². The van der Waals surface area contributed by atoms with E-state index in [-0.39, 0.29) is 28.4 Å². The molecule has 4 heteroatoms. The van der Waals surface area contributed by atoms with Gasteiger partial charge in [0.15, 0.2) is 0 Å². The van der Waals surface area contributed by atoms with Gasteiger partial charge in [-0.05, 0) is 87.1 Å². The minimum Gasteiger partial charge on any atom is -0.310 e. The number of benzene rings is 3. The van der Waals surface area contributed by atoms with Crippen LogP contribution in [0.3, 0.4) is 0 Å². The van der Waals surface area contributed by atoms with Crippen molar-refractivity contribution in [1.82, 2.24) is 4.98 Å². The van der Waals surface area contributed by atoms with Gasteiger partial charge in [0, 0.05) is 43.5 Å². The predicted molar refractivity (Wildman–Crippen MR) is 192 cm³/mol. The molecule has 0 fully saturated rings. The quantitative estimate of drug-likeness (QED) is 0.177. The lowest BCUT2D eigenvalue weighted by atomic mass is 9.33. The van der Waals surface area contributed by atoms with Gasteiger partial charge in [0.1, 0.15) is 0 Å². The molecule has 2 aliphatic heterocycles. The van der Waals surface area contributed by atoms with Crippen LogP contribution >= 0.6 is 11.3 Å². The molecule has 3 aliphatic rings. The second-order valence-electron chi connectivity index (χ2n) is 16.3. The largest absolute Gasteiger partial charge is 0.310 e. The van der Waals surface area contributed by atoms with E-state index in [2.05, 4.69) is 140 Å². The molecule has 0 N–H and O–H groups in total. The summed E-state index contributed by atoms with van der Waals surface area (Å²) >= 11 is 1.98. The Labute approximate surface area is 267 Å². The lowest BCUT2D eigenvalue weighted by Gasteiger charge is -2.45. The fraction of sp³-hybridized carbons (Fsp3) is 0.375. The molecule has 0 amide bonds. The Bertz CT molecular complexity index is 2000. The first-order valence-corrected chi connectivity index (χ1v) is 17.1. The number of fused-ring (bicyclic) bond motifs is 7. The van der Waals surface area contributed by atoms with Crippen molar-refractivity contribution in [2.45, 2.75) is 96.8 Å². The highest BCUT2D eigenvalue weighted by Gasteiger charge is 2.48. The topological polar surface area (TPSA) is 16.1 Å². The summed E-state index contributed by atoms with van der Waals surface area (Å²) in [5.41, 5.74) is 13.9. The van der Waals surface area contributed by atoms with Crippen LogP contribution in [0.2, 0.25) is 0 Å². The summed E-state index contributed by atoms with van der Waals surface area (Å²) in [5, 5.41) is 1.36. The van der Waals surface area contributed by atoms with E-state index in [1.54, 1.807) is 0 Å². The summed E-state index contributed by atoms with van der Waals surface area (Å²) in [7, 11) is 0. The van der Waals surface area contributed by atoms with Crippen molar-refractivity contribution >= 4 is 60.9 Å². The Balaban J connectivity index is 1.48. The summed E-state index contributed by atoms with van der Waals surface area (Å²) in [4.78, 5) is 7.77. The van der Waals surface area contributed by atoms with Crippen molar-refractivity contribution in [3.63, 3.8) is 0 Å². The molecule has 0 radical (unpaired) electrons. The Morgan fingerprint density at radius 1 is 0.795 bits per heavy atom. The van der Waals surface area contributed by atoms with Gasteiger partial charge in [0.2, 0.25) is 0 Å². The molecule has 5 aromatic rings. The lowest BCUT2D eigenvalue weighted by molar-refractivity contribution is 0.332. The highest BCUT2D eigenvalue weighted by molar-refractivity contribution is 7.33. The Morgan fingerprint density at radius 3 is 2.27 bits per heavy atom. The monoisotopic (exact) mass is 594 g/mol. The highest BCUT2D eigenvalue weighted by Crippen LogP contribution is 2.50. The van der Waals surface area contributed by atoms with Gasteiger partial charge in [-0.1, -0.05) is 104 Å². The zero-order valence-corrected chi connectivity index (χ0v) is 28.5. The van der Waals surface area contributed by atoms with Crippen LogP contribution in [0.4, 0.5) is 17.1 Å². The van der Waals surface area contributed by atoms with E-state index in [9.17, 15) is 0 Å². The van der Waals surface area contributed by atoms with Crippen molar-refractivity contribution in [2.24, 2.45) is 0 Å². The number of hydrogen-bond donors (Lipinski definition) is 0. The third kappa shape index (κ3) is 3.76. The van der Waals surface area contributed by atoms with E-state index in [4.69, 9.17) is 4.98 Å². The van der Waals surface area contributed by atoms with Crippen molar-refractivity contribution in [3.8, 4) is 0 Å². The average Bonchev–Trinajstić information content (AvgIpc) is 3.35. The molecule has 0 saturated heterocycles. The van der Waals surface area contributed by atoms with Gasteiger partial charge in [-0.15, -0.1) is 11.3 Å². The van der Waals surface area contributed by atoms with Crippen molar-refractivity contribution in [2.75, 3.05) is 4.90 Å². The molecular formula is C40H43BN2S. The van der Waals surface area contributed by atoms with Crippen LogP contribution in [-0.2, 0) is 21.7 Å². The maximum Gasteiger partial charge on any atom is 0.262 e. The predicted octanol–water partition coefficient (Wildman–Crippen LogP) is 8.88. The van der Waals surface area contributed by atoms with Gasteiger partial charge in [-0.3, -0.25) is 4.98 Å². The van der Waals surface area contributed by atoms with Crippen LogP contribution < -0.4 is 20.6 Å². The van der Waals surface area contributed by atoms with Crippen LogP contribution in [0.5, 0.6) is 0 Å². The maximum absolute atomic E-state index is 5.16. The number of anilines is 3. The summed E-state index contributed by atoms with van der Waals surface area (Å²) in [6.45, 7) is 21.6. The van der Waals surface area contributed by atoms with Crippen LogP contribution in [0.15, 0.2) is 72.9 Å². The van der Waals surface area contributed by atoms with Crippen molar-refractivity contribution in [3.05, 3.63) is 101 Å². The molecule has 222 valence electrons. The first-order chi connectivity index (χ1) is 20.7. The minimum absolute atomic E-state index is 0.0698. The summed E-state index contributed by atoms with van der Waals surface area (Å²) in [5.74, 6) is 0. The van der Waals surface area contributed by atoms with E-state index in [0.717, 1.165) is 0 Å². The Morgan fingerprint density at radius 2 is 1.52 bits per heavy atom. The highest BCUT2D eigenvalue weighted by atomic mass is 32.1. The zero-order valence-electron chi connectivity index (χ0n) is 27.7. The minimum atomic E-state index is -0.181. The average molecular weight is 595 g/mol. The van der Waals surface area contributed by atoms with Crippen LogP contribution in [0.25, 0.3) is 10.1 Å². The summed E-state index contributed by atoms with van der Waals surface area (Å²) in [6, 6.07) is 26.0. The first kappa shape index (κ1) is 28.1. The number of thiophene rings is 1. The van der Waals surface area contributed by atoms with E-state index < -0.39 is 0 Å². The fourth-order valence-corrected chi connectivity index (χ4v) is 9.71. The number of aromatic nitrogens is 1. The van der Waals surface area contributed by atoms with Crippen LogP contribution in [0, 0.1) is 0 Å². The molecule has 4 heterocycles. The molecule has 2 aromatic heterocycles. The number of rotatable bonds is 1. The fourth-order valence-electron chi connectivity index (χ4n) is 8.41. The number of nitrogens with zero attached hydrogens (tertiary/aromatic N) is 2. The van der Waals surface area contributed by atoms with E-state index in [1.165, 1.54) is 83.6 Å². The van der Waals surface area contributed by atoms with Crippen molar-refractivity contribution < 1.29 is 0 Å².